The van der Waals surface area contributed by atoms with Crippen LogP contribution >= 0.6 is 0 Å². The highest BCUT2D eigenvalue weighted by Gasteiger charge is 2.51. The van der Waals surface area contributed by atoms with Crippen LogP contribution in [-0.4, -0.2) is 41.4 Å². The van der Waals surface area contributed by atoms with Crippen molar-refractivity contribution >= 4 is 24.2 Å². The van der Waals surface area contributed by atoms with Crippen LogP contribution in [0.1, 0.15) is 51.4 Å². The molecule has 0 amide bonds. The summed E-state index contributed by atoms with van der Waals surface area (Å²) >= 11 is 0. The van der Waals surface area contributed by atoms with Crippen LogP contribution in [0.25, 0.3) is 17.1 Å². The summed E-state index contributed by atoms with van der Waals surface area (Å²) in [5.41, 5.74) is 5.94. The Morgan fingerprint density at radius 2 is 1.81 bits per heavy atom. The van der Waals surface area contributed by atoms with Crippen molar-refractivity contribution in [1.82, 2.24) is 9.47 Å². The van der Waals surface area contributed by atoms with Gasteiger partial charge in [0.1, 0.15) is 0 Å². The predicted octanol–water partition coefficient (Wildman–Crippen LogP) is 4.43. The first-order chi connectivity index (χ1) is 12.6. The lowest BCUT2D eigenvalue weighted by Crippen LogP contribution is -2.41. The second-order valence-corrected chi connectivity index (χ2v) is 9.27. The third-order valence-electron chi connectivity index (χ3n) is 6.49. The number of nitrogens with zero attached hydrogens (tertiary/aromatic N) is 2. The fraction of sp³-hybridized carbons (Fsp3) is 0.545. The van der Waals surface area contributed by atoms with Crippen molar-refractivity contribution in [2.45, 2.75) is 65.7 Å². The van der Waals surface area contributed by atoms with Crippen molar-refractivity contribution < 1.29 is 9.31 Å². The Hall–Kier alpha value is -1.56. The molecule has 144 valence electrons. The summed E-state index contributed by atoms with van der Waals surface area (Å²) in [7, 11) is 1.90. The standard InChI is InChI=1S/C22H31BN2O2/c1-15-8-9-19-17(12-15)18-14-24(7)11-10-20(18)25(19)13-16(2)23-26-21(3,4)22(5,6)27-23/h8-9,12-13H,10-11,14H2,1-7H3/b16-13+. The van der Waals surface area contributed by atoms with Crippen LogP contribution in [0.15, 0.2) is 23.7 Å². The Kier molecular flexibility index (Phi) is 4.34. The highest BCUT2D eigenvalue weighted by molar-refractivity contribution is 6.55. The minimum absolute atomic E-state index is 0.306. The number of rotatable bonds is 2. The summed E-state index contributed by atoms with van der Waals surface area (Å²) in [6.45, 7) is 14.8. The fourth-order valence-corrected chi connectivity index (χ4v) is 4.08. The molecule has 0 spiro atoms. The maximum atomic E-state index is 6.25. The fourth-order valence-electron chi connectivity index (χ4n) is 4.08. The van der Waals surface area contributed by atoms with Crippen molar-refractivity contribution in [2.24, 2.45) is 0 Å². The Labute approximate surface area is 163 Å². The summed E-state index contributed by atoms with van der Waals surface area (Å²) < 4.78 is 14.9. The molecule has 27 heavy (non-hydrogen) atoms. The van der Waals surface area contributed by atoms with Gasteiger partial charge >= 0.3 is 7.12 Å². The molecule has 1 aromatic heterocycles. The van der Waals surface area contributed by atoms with Crippen LogP contribution < -0.4 is 0 Å². The van der Waals surface area contributed by atoms with E-state index in [1.807, 2.05) is 0 Å². The van der Waals surface area contributed by atoms with Gasteiger partial charge < -0.3 is 18.8 Å². The number of aromatic nitrogens is 1. The predicted molar refractivity (Wildman–Crippen MR) is 113 cm³/mol. The van der Waals surface area contributed by atoms with Gasteiger partial charge in [-0.1, -0.05) is 11.6 Å². The maximum Gasteiger partial charge on any atom is 0.491 e. The number of hydrogen-bond donors (Lipinski definition) is 0. The van der Waals surface area contributed by atoms with Crippen molar-refractivity contribution in [3.63, 3.8) is 0 Å². The van der Waals surface area contributed by atoms with Crippen LogP contribution in [0.4, 0.5) is 0 Å². The molecule has 0 atom stereocenters. The Morgan fingerprint density at radius 3 is 2.48 bits per heavy atom. The first kappa shape index (κ1) is 18.8. The summed E-state index contributed by atoms with van der Waals surface area (Å²) in [6.07, 6.45) is 3.29. The highest BCUT2D eigenvalue weighted by Crippen LogP contribution is 2.39. The lowest BCUT2D eigenvalue weighted by molar-refractivity contribution is 0.00578. The lowest BCUT2D eigenvalue weighted by atomic mass is 9.80. The monoisotopic (exact) mass is 366 g/mol. The minimum Gasteiger partial charge on any atom is -0.400 e. The first-order valence-corrected chi connectivity index (χ1v) is 9.94. The summed E-state index contributed by atoms with van der Waals surface area (Å²) in [6, 6.07) is 6.77. The largest absolute Gasteiger partial charge is 0.491 e. The molecule has 4 rings (SSSR count). The Bertz CT molecular complexity index is 910. The molecule has 0 bridgehead atoms. The molecule has 2 aromatic rings. The van der Waals surface area contributed by atoms with Crippen LogP contribution in [-0.2, 0) is 22.3 Å². The smallest absolute Gasteiger partial charge is 0.400 e. The van der Waals surface area contributed by atoms with Gasteiger partial charge in [-0.05, 0) is 71.8 Å². The van der Waals surface area contributed by atoms with Gasteiger partial charge in [0, 0.05) is 36.8 Å². The van der Waals surface area contributed by atoms with E-state index >= 15 is 0 Å². The van der Waals surface area contributed by atoms with E-state index in [9.17, 15) is 0 Å². The van der Waals surface area contributed by atoms with E-state index in [-0.39, 0.29) is 18.3 Å². The molecule has 0 radical (unpaired) electrons. The lowest BCUT2D eigenvalue weighted by Gasteiger charge is -2.32. The Balaban J connectivity index is 1.79. The number of allylic oxidation sites excluding steroid dienone is 1. The van der Waals surface area contributed by atoms with Gasteiger partial charge in [0.15, 0.2) is 0 Å². The molecule has 2 aliphatic rings. The number of likely N-dealkylation sites (N-methyl/N-ethyl adjacent to an activating group) is 1. The quantitative estimate of drug-likeness (QED) is 0.736. The SMILES string of the molecule is C/C(=C\n1c2c(c3cc(C)ccc31)CN(C)CC2)B1OC(C)(C)C(C)(C)O1. The zero-order valence-electron chi connectivity index (χ0n) is 17.7. The van der Waals surface area contributed by atoms with E-state index in [4.69, 9.17) is 9.31 Å². The van der Waals surface area contributed by atoms with E-state index in [0.29, 0.717) is 0 Å². The average molecular weight is 366 g/mol. The van der Waals surface area contributed by atoms with Crippen LogP contribution in [0.5, 0.6) is 0 Å². The van der Waals surface area contributed by atoms with E-state index in [1.165, 1.54) is 27.7 Å². The molecule has 4 nitrogen and oxygen atoms in total. The molecule has 1 saturated heterocycles. The van der Waals surface area contributed by atoms with Gasteiger partial charge in [0.2, 0.25) is 0 Å². The second kappa shape index (κ2) is 6.23. The topological polar surface area (TPSA) is 26.6 Å². The molecule has 2 aliphatic heterocycles. The second-order valence-electron chi connectivity index (χ2n) is 9.27. The summed E-state index contributed by atoms with van der Waals surface area (Å²) in [4.78, 5) is 2.40. The van der Waals surface area contributed by atoms with Gasteiger partial charge in [0.25, 0.3) is 0 Å². The molecule has 1 aromatic carbocycles. The molecule has 0 aliphatic carbocycles. The number of hydrogen-bond acceptors (Lipinski definition) is 3. The maximum absolute atomic E-state index is 6.25. The molecular formula is C22H31BN2O2. The van der Waals surface area contributed by atoms with Crippen molar-refractivity contribution in [2.75, 3.05) is 13.6 Å². The third-order valence-corrected chi connectivity index (χ3v) is 6.49. The van der Waals surface area contributed by atoms with E-state index in [1.54, 1.807) is 0 Å². The normalized spacial score (nSPS) is 22.5. The summed E-state index contributed by atoms with van der Waals surface area (Å²) in [5, 5.41) is 1.37. The molecular weight excluding hydrogens is 335 g/mol. The number of aryl methyl sites for hydroxylation is 1. The molecule has 1 fully saturated rings. The van der Waals surface area contributed by atoms with Crippen LogP contribution in [0.2, 0.25) is 0 Å². The van der Waals surface area contributed by atoms with Crippen LogP contribution in [0, 0.1) is 6.92 Å². The minimum atomic E-state index is -0.315. The molecule has 0 saturated carbocycles. The van der Waals surface area contributed by atoms with E-state index in [0.717, 1.165) is 25.0 Å². The van der Waals surface area contributed by atoms with Crippen molar-refractivity contribution in [1.29, 1.82) is 0 Å². The van der Waals surface area contributed by atoms with E-state index < -0.39 is 0 Å². The van der Waals surface area contributed by atoms with Gasteiger partial charge in [0.05, 0.1) is 16.7 Å². The van der Waals surface area contributed by atoms with Gasteiger partial charge in [-0.3, -0.25) is 0 Å². The molecule has 0 N–H and O–H groups in total. The van der Waals surface area contributed by atoms with E-state index in [2.05, 4.69) is 82.5 Å². The zero-order valence-corrected chi connectivity index (χ0v) is 17.7. The van der Waals surface area contributed by atoms with Crippen molar-refractivity contribution in [3.05, 3.63) is 40.5 Å². The molecule has 3 heterocycles. The number of benzene rings is 1. The van der Waals surface area contributed by atoms with Gasteiger partial charge in [-0.2, -0.15) is 0 Å². The zero-order chi connectivity index (χ0) is 19.6. The number of fused-ring (bicyclic) bond motifs is 3. The average Bonchev–Trinajstić information content (AvgIpc) is 2.98. The Morgan fingerprint density at radius 1 is 1.15 bits per heavy atom. The highest BCUT2D eigenvalue weighted by atomic mass is 16.7. The molecule has 5 heteroatoms. The first-order valence-electron chi connectivity index (χ1n) is 9.94. The third kappa shape index (κ3) is 3.06. The van der Waals surface area contributed by atoms with Crippen LogP contribution in [0.3, 0.4) is 0 Å². The van der Waals surface area contributed by atoms with Crippen molar-refractivity contribution in [3.8, 4) is 0 Å². The summed E-state index contributed by atoms with van der Waals surface area (Å²) in [5.74, 6) is 0. The van der Waals surface area contributed by atoms with Gasteiger partial charge in [-0.25, -0.2) is 0 Å². The van der Waals surface area contributed by atoms with Gasteiger partial charge in [-0.15, -0.1) is 0 Å². The molecule has 0 unspecified atom stereocenters.